The summed E-state index contributed by atoms with van der Waals surface area (Å²) in [6.07, 6.45) is 0. The number of nitrogens with zero attached hydrogens (tertiary/aromatic N) is 4. The third-order valence-corrected chi connectivity index (χ3v) is 2.85. The Labute approximate surface area is 105 Å². The van der Waals surface area contributed by atoms with Crippen LogP contribution in [0.15, 0.2) is 6.07 Å². The Balaban J connectivity index is 2.75. The lowest BCUT2D eigenvalue weighted by atomic mass is 10.2. The third-order valence-electron chi connectivity index (χ3n) is 2.65. The van der Waals surface area contributed by atoms with Gasteiger partial charge in [-0.15, -0.1) is 0 Å². The second-order valence-electron chi connectivity index (χ2n) is 4.11. The molecule has 0 aromatic carbocycles. The van der Waals surface area contributed by atoms with Crippen LogP contribution in [-0.2, 0) is 7.05 Å². The molecule has 0 spiro atoms. The van der Waals surface area contributed by atoms with E-state index in [1.54, 1.807) is 4.68 Å². The van der Waals surface area contributed by atoms with Gasteiger partial charge in [0.2, 0.25) is 0 Å². The van der Waals surface area contributed by atoms with Crippen LogP contribution in [0.1, 0.15) is 22.6 Å². The Morgan fingerprint density at radius 3 is 2.41 bits per heavy atom. The van der Waals surface area contributed by atoms with Gasteiger partial charge in [0, 0.05) is 12.7 Å². The smallest absolute Gasteiger partial charge is 0.162 e. The molecule has 0 fully saturated rings. The SMILES string of the molecule is Cc1cc(C)n(-c2c(C(N)=S)c(C)nn2C)n1. The van der Waals surface area contributed by atoms with E-state index in [1.807, 2.05) is 38.6 Å². The first-order valence-electron chi connectivity index (χ1n) is 5.29. The van der Waals surface area contributed by atoms with Crippen LogP contribution in [0.3, 0.4) is 0 Å². The molecule has 2 aromatic heterocycles. The van der Waals surface area contributed by atoms with Crippen LogP contribution in [0, 0.1) is 20.8 Å². The zero-order valence-electron chi connectivity index (χ0n) is 10.4. The Bertz CT molecular complexity index is 593. The van der Waals surface area contributed by atoms with Crippen LogP contribution >= 0.6 is 12.2 Å². The molecule has 2 rings (SSSR count). The Morgan fingerprint density at radius 1 is 1.29 bits per heavy atom. The molecule has 6 heteroatoms. The number of nitrogens with two attached hydrogens (primary N) is 1. The van der Waals surface area contributed by atoms with Crippen molar-refractivity contribution in [2.45, 2.75) is 20.8 Å². The lowest BCUT2D eigenvalue weighted by Gasteiger charge is -2.07. The van der Waals surface area contributed by atoms with E-state index in [0.717, 1.165) is 28.5 Å². The summed E-state index contributed by atoms with van der Waals surface area (Å²) in [7, 11) is 1.86. The van der Waals surface area contributed by atoms with Crippen molar-refractivity contribution in [2.75, 3.05) is 0 Å². The van der Waals surface area contributed by atoms with E-state index in [4.69, 9.17) is 18.0 Å². The third kappa shape index (κ3) is 1.84. The molecule has 0 radical (unpaired) electrons. The highest BCUT2D eigenvalue weighted by Crippen LogP contribution is 2.19. The van der Waals surface area contributed by atoms with Gasteiger partial charge in [-0.05, 0) is 26.8 Å². The average molecular weight is 249 g/mol. The molecule has 0 saturated heterocycles. The molecule has 0 atom stereocenters. The Hall–Kier alpha value is -1.69. The average Bonchev–Trinajstić information content (AvgIpc) is 2.66. The first kappa shape index (κ1) is 11.8. The first-order chi connectivity index (χ1) is 7.91. The van der Waals surface area contributed by atoms with Crippen molar-refractivity contribution in [3.05, 3.63) is 28.7 Å². The van der Waals surface area contributed by atoms with Crippen LogP contribution in [0.4, 0.5) is 0 Å². The molecule has 90 valence electrons. The van der Waals surface area contributed by atoms with Crippen molar-refractivity contribution in [2.24, 2.45) is 12.8 Å². The van der Waals surface area contributed by atoms with Crippen molar-refractivity contribution in [3.63, 3.8) is 0 Å². The topological polar surface area (TPSA) is 61.7 Å². The van der Waals surface area contributed by atoms with Gasteiger partial charge in [-0.2, -0.15) is 10.2 Å². The molecule has 2 N–H and O–H groups in total. The number of aromatic nitrogens is 4. The second-order valence-corrected chi connectivity index (χ2v) is 4.55. The summed E-state index contributed by atoms with van der Waals surface area (Å²) < 4.78 is 3.58. The van der Waals surface area contributed by atoms with E-state index in [2.05, 4.69) is 10.2 Å². The summed E-state index contributed by atoms with van der Waals surface area (Å²) in [5.74, 6) is 0.820. The van der Waals surface area contributed by atoms with Crippen molar-refractivity contribution in [1.29, 1.82) is 0 Å². The lowest BCUT2D eigenvalue weighted by molar-refractivity contribution is 0.682. The monoisotopic (exact) mass is 249 g/mol. The number of hydrogen-bond acceptors (Lipinski definition) is 3. The quantitative estimate of drug-likeness (QED) is 0.811. The van der Waals surface area contributed by atoms with Crippen LogP contribution < -0.4 is 5.73 Å². The summed E-state index contributed by atoms with van der Waals surface area (Å²) in [5, 5.41) is 8.79. The van der Waals surface area contributed by atoms with Crippen LogP contribution in [0.25, 0.3) is 5.82 Å². The normalized spacial score (nSPS) is 10.8. The van der Waals surface area contributed by atoms with Gasteiger partial charge in [-0.3, -0.25) is 4.68 Å². The van der Waals surface area contributed by atoms with Crippen LogP contribution in [-0.4, -0.2) is 24.5 Å². The molecule has 5 nitrogen and oxygen atoms in total. The molecule has 0 aliphatic rings. The van der Waals surface area contributed by atoms with E-state index < -0.39 is 0 Å². The fraction of sp³-hybridized carbons (Fsp3) is 0.364. The number of aryl methyl sites for hydroxylation is 4. The minimum Gasteiger partial charge on any atom is -0.389 e. The van der Waals surface area contributed by atoms with Crippen molar-refractivity contribution in [1.82, 2.24) is 19.6 Å². The molecule has 0 bridgehead atoms. The molecular weight excluding hydrogens is 234 g/mol. The van der Waals surface area contributed by atoms with Crippen LogP contribution in [0.2, 0.25) is 0 Å². The van der Waals surface area contributed by atoms with Crippen molar-refractivity contribution >= 4 is 17.2 Å². The molecule has 0 saturated carbocycles. The Morgan fingerprint density at radius 2 is 1.94 bits per heavy atom. The largest absolute Gasteiger partial charge is 0.389 e. The van der Waals surface area contributed by atoms with Crippen molar-refractivity contribution in [3.8, 4) is 5.82 Å². The number of thiocarbonyl (C=S) groups is 1. The van der Waals surface area contributed by atoms with Gasteiger partial charge in [-0.1, -0.05) is 12.2 Å². The molecular formula is C11H15N5S. The predicted octanol–water partition coefficient (Wildman–Crippen LogP) is 1.17. The Kier molecular flexibility index (Phi) is 2.74. The fourth-order valence-electron chi connectivity index (χ4n) is 2.02. The maximum atomic E-state index is 5.76. The standard InChI is InChI=1S/C11H15N5S/c1-6-5-7(2)16(13-6)11-9(10(12)17)8(3)14-15(11)4/h5H,1-4H3,(H2,12,17). The number of hydrogen-bond donors (Lipinski definition) is 1. The van der Waals surface area contributed by atoms with Gasteiger partial charge in [-0.25, -0.2) is 4.68 Å². The van der Waals surface area contributed by atoms with Gasteiger partial charge in [0.15, 0.2) is 5.82 Å². The number of rotatable bonds is 2. The second kappa shape index (κ2) is 3.96. The fourth-order valence-corrected chi connectivity index (χ4v) is 2.26. The van der Waals surface area contributed by atoms with Gasteiger partial charge >= 0.3 is 0 Å². The lowest BCUT2D eigenvalue weighted by Crippen LogP contribution is -2.16. The molecule has 2 aromatic rings. The van der Waals surface area contributed by atoms with Gasteiger partial charge < -0.3 is 5.73 Å². The van der Waals surface area contributed by atoms with Gasteiger partial charge in [0.25, 0.3) is 0 Å². The van der Waals surface area contributed by atoms with Crippen molar-refractivity contribution < 1.29 is 0 Å². The minimum atomic E-state index is 0.346. The molecule has 17 heavy (non-hydrogen) atoms. The highest BCUT2D eigenvalue weighted by atomic mass is 32.1. The van der Waals surface area contributed by atoms with E-state index in [0.29, 0.717) is 4.99 Å². The van der Waals surface area contributed by atoms with Gasteiger partial charge in [0.1, 0.15) is 4.99 Å². The highest BCUT2D eigenvalue weighted by Gasteiger charge is 2.19. The molecule has 0 aliphatic heterocycles. The molecule has 0 unspecified atom stereocenters. The molecule has 2 heterocycles. The summed E-state index contributed by atoms with van der Waals surface area (Å²) in [6, 6.07) is 2.01. The molecule has 0 aliphatic carbocycles. The highest BCUT2D eigenvalue weighted by molar-refractivity contribution is 7.80. The van der Waals surface area contributed by atoms with E-state index in [9.17, 15) is 0 Å². The van der Waals surface area contributed by atoms with Gasteiger partial charge in [0.05, 0.1) is 17.0 Å². The van der Waals surface area contributed by atoms with Crippen LogP contribution in [0.5, 0.6) is 0 Å². The predicted molar refractivity (Wildman–Crippen MR) is 70.4 cm³/mol. The van der Waals surface area contributed by atoms with E-state index >= 15 is 0 Å². The zero-order valence-corrected chi connectivity index (χ0v) is 11.2. The summed E-state index contributed by atoms with van der Waals surface area (Å²) in [4.78, 5) is 0.346. The summed E-state index contributed by atoms with van der Waals surface area (Å²) >= 11 is 5.08. The van der Waals surface area contributed by atoms with E-state index in [-0.39, 0.29) is 0 Å². The molecule has 0 amide bonds. The zero-order chi connectivity index (χ0) is 12.7. The first-order valence-corrected chi connectivity index (χ1v) is 5.69. The summed E-state index contributed by atoms with van der Waals surface area (Å²) in [5.41, 5.74) is 9.35. The maximum Gasteiger partial charge on any atom is 0.162 e. The maximum absolute atomic E-state index is 5.76. The minimum absolute atomic E-state index is 0.346. The summed E-state index contributed by atoms with van der Waals surface area (Å²) in [6.45, 7) is 5.84. The van der Waals surface area contributed by atoms with E-state index in [1.165, 1.54) is 0 Å².